The molecule has 0 atom stereocenters. The van der Waals surface area contributed by atoms with Crippen LogP contribution in [0.3, 0.4) is 0 Å². The summed E-state index contributed by atoms with van der Waals surface area (Å²) in [6.45, 7) is 20.7. The van der Waals surface area contributed by atoms with Crippen molar-refractivity contribution in [3.05, 3.63) is 131 Å². The van der Waals surface area contributed by atoms with Gasteiger partial charge in [0.05, 0.1) is 6.20 Å². The van der Waals surface area contributed by atoms with Crippen LogP contribution in [0.15, 0.2) is 91.4 Å². The smallest absolute Gasteiger partial charge is 0.509 e. The molecule has 3 heterocycles. The second-order valence-corrected chi connectivity index (χ2v) is 15.7. The molecular formula is C47H50N4OPt. The molecule has 4 aromatic carbocycles. The van der Waals surface area contributed by atoms with E-state index in [1.54, 1.807) is 0 Å². The molecule has 0 unspecified atom stereocenters. The topological polar surface area (TPSA) is 44.9 Å². The molecule has 0 fully saturated rings. The van der Waals surface area contributed by atoms with E-state index in [0.29, 0.717) is 35.2 Å². The van der Waals surface area contributed by atoms with Crippen LogP contribution in [0.4, 0.5) is 0 Å². The monoisotopic (exact) mass is 881 g/mol. The molecular weight excluding hydrogens is 832 g/mol. The van der Waals surface area contributed by atoms with E-state index in [-0.39, 0.29) is 21.1 Å². The van der Waals surface area contributed by atoms with E-state index >= 15 is 0 Å². The minimum Gasteiger partial charge on any atom is -0.509 e. The normalized spacial score (nSPS) is 11.8. The third kappa shape index (κ3) is 7.78. The van der Waals surface area contributed by atoms with Gasteiger partial charge in [0.1, 0.15) is 5.82 Å². The van der Waals surface area contributed by atoms with Crippen LogP contribution in [-0.2, 0) is 33.9 Å². The molecule has 7 rings (SSSR count). The van der Waals surface area contributed by atoms with E-state index in [2.05, 4.69) is 128 Å². The predicted molar refractivity (Wildman–Crippen MR) is 215 cm³/mol. The van der Waals surface area contributed by atoms with E-state index in [9.17, 15) is 0 Å². The van der Waals surface area contributed by atoms with Gasteiger partial charge >= 0.3 is 21.1 Å². The molecule has 0 saturated carbocycles. The molecule has 6 heteroatoms. The summed E-state index contributed by atoms with van der Waals surface area (Å²) >= 11 is 0. The Kier molecular flexibility index (Phi) is 11.5. The number of aryl methyl sites for hydroxylation is 1. The second kappa shape index (κ2) is 15.9. The first-order valence-electron chi connectivity index (χ1n) is 18.8. The minimum atomic E-state index is 0. The zero-order valence-corrected chi connectivity index (χ0v) is 34.7. The molecule has 0 saturated heterocycles. The molecule has 0 radical (unpaired) electrons. The Labute approximate surface area is 329 Å². The maximum absolute atomic E-state index is 6.46. The first-order chi connectivity index (χ1) is 25.0. The first kappa shape index (κ1) is 38.3. The fourth-order valence-corrected chi connectivity index (χ4v) is 7.66. The number of para-hydroxylation sites is 1. The van der Waals surface area contributed by atoms with Gasteiger partial charge in [0.25, 0.3) is 0 Å². The van der Waals surface area contributed by atoms with E-state index in [1.807, 2.05) is 47.4 Å². The molecule has 0 bridgehead atoms. The van der Waals surface area contributed by atoms with Gasteiger partial charge in [-0.05, 0) is 106 Å². The van der Waals surface area contributed by atoms with E-state index < -0.39 is 0 Å². The molecule has 0 amide bonds. The van der Waals surface area contributed by atoms with Crippen molar-refractivity contribution in [1.82, 2.24) is 19.3 Å². The first-order valence-corrected chi connectivity index (χ1v) is 18.8. The Morgan fingerprint density at radius 3 is 2.23 bits per heavy atom. The van der Waals surface area contributed by atoms with Gasteiger partial charge in [0, 0.05) is 35.0 Å². The molecule has 0 aliphatic rings. The van der Waals surface area contributed by atoms with Crippen molar-refractivity contribution in [2.75, 3.05) is 0 Å². The van der Waals surface area contributed by atoms with Gasteiger partial charge in [-0.25, -0.2) is 4.98 Å². The fraction of sp³-hybridized carbons (Fsp3) is 0.319. The van der Waals surface area contributed by atoms with Crippen LogP contribution in [0.1, 0.15) is 95.0 Å². The van der Waals surface area contributed by atoms with Gasteiger partial charge in [0.15, 0.2) is 0 Å². The minimum absolute atomic E-state index is 0. The van der Waals surface area contributed by atoms with Crippen molar-refractivity contribution >= 4 is 21.8 Å². The number of hydrogen-bond donors (Lipinski definition) is 0. The van der Waals surface area contributed by atoms with Crippen LogP contribution >= 0.6 is 0 Å². The van der Waals surface area contributed by atoms with Gasteiger partial charge in [-0.3, -0.25) is 4.68 Å². The summed E-state index contributed by atoms with van der Waals surface area (Å²) in [6.07, 6.45) is 8.21. The number of rotatable bonds is 11. The van der Waals surface area contributed by atoms with Gasteiger partial charge in [-0.15, -0.1) is 35.7 Å². The summed E-state index contributed by atoms with van der Waals surface area (Å²) in [6, 6.07) is 32.1. The molecule has 0 spiro atoms. The molecule has 0 aliphatic carbocycles. The maximum atomic E-state index is 6.46. The Balaban J connectivity index is 0.00000481. The molecule has 7 aromatic rings. The molecule has 0 N–H and O–H groups in total. The number of aromatic nitrogens is 4. The molecule has 3 aromatic heterocycles. The van der Waals surface area contributed by atoms with E-state index in [1.165, 1.54) is 27.8 Å². The summed E-state index contributed by atoms with van der Waals surface area (Å²) in [5, 5.41) is 7.15. The van der Waals surface area contributed by atoms with Crippen molar-refractivity contribution in [3.63, 3.8) is 0 Å². The van der Waals surface area contributed by atoms with Crippen LogP contribution in [0.25, 0.3) is 44.4 Å². The summed E-state index contributed by atoms with van der Waals surface area (Å²) in [5.74, 6) is 4.00. The Hall–Kier alpha value is -4.47. The molecule has 53 heavy (non-hydrogen) atoms. The number of benzene rings is 4. The number of hydrogen-bond acceptors (Lipinski definition) is 3. The van der Waals surface area contributed by atoms with Gasteiger partial charge in [0.2, 0.25) is 0 Å². The average molecular weight is 882 g/mol. The van der Waals surface area contributed by atoms with Crippen LogP contribution in [0, 0.1) is 30.9 Å². The van der Waals surface area contributed by atoms with Crippen LogP contribution in [0.5, 0.6) is 11.5 Å². The van der Waals surface area contributed by atoms with Crippen LogP contribution in [-0.4, -0.2) is 19.3 Å². The molecule has 5 nitrogen and oxygen atoms in total. The molecule has 274 valence electrons. The summed E-state index contributed by atoms with van der Waals surface area (Å²) in [7, 11) is 0. The van der Waals surface area contributed by atoms with Crippen LogP contribution in [0.2, 0.25) is 0 Å². The van der Waals surface area contributed by atoms with Crippen molar-refractivity contribution in [1.29, 1.82) is 0 Å². The van der Waals surface area contributed by atoms with Gasteiger partial charge < -0.3 is 9.30 Å². The largest absolute Gasteiger partial charge is 2.00 e. The number of fused-ring (bicyclic) bond motifs is 3. The van der Waals surface area contributed by atoms with Crippen molar-refractivity contribution in [2.24, 2.45) is 11.8 Å². The SMILES string of the molecule is Cc1ccnc(-n2c3[c-]c(Oc4[c-]c(-n5cc(-c6c(C(C)C)cc(CC(C)C)c(CC(C)C)c6C(C)C)cn5)ccc4)ccc3c3ccccc32)c1.[Pt+2]. The van der Waals surface area contributed by atoms with Crippen molar-refractivity contribution in [3.8, 4) is 34.1 Å². The number of ether oxygens (including phenoxy) is 1. The average Bonchev–Trinajstić information content (AvgIpc) is 3.71. The zero-order valence-electron chi connectivity index (χ0n) is 32.4. The second-order valence-electron chi connectivity index (χ2n) is 15.7. The summed E-state index contributed by atoms with van der Waals surface area (Å²) < 4.78 is 10.6. The maximum Gasteiger partial charge on any atom is 2.00 e. The molecule has 0 aliphatic heterocycles. The van der Waals surface area contributed by atoms with Crippen molar-refractivity contribution < 1.29 is 25.8 Å². The van der Waals surface area contributed by atoms with Crippen molar-refractivity contribution in [2.45, 2.75) is 87.0 Å². The zero-order chi connectivity index (χ0) is 36.7. The number of nitrogens with zero attached hydrogens (tertiary/aromatic N) is 4. The predicted octanol–water partition coefficient (Wildman–Crippen LogP) is 12.4. The standard InChI is InChI=1S/C47H50N4O.Pt/c1-29(2)21-34-24-41(31(5)6)47(46(32(7)8)42(34)22-30(3)4)35-27-49-50(28-35)36-13-12-14-37(25-36)52-38-17-18-40-39-15-10-11-16-43(39)51(44(40)26-38)45-23-33(9)19-20-48-45;/h10-20,23-24,27-32H,21-22H2,1-9H3;/q-2;+2. The van der Waals surface area contributed by atoms with Gasteiger partial charge in [-0.1, -0.05) is 85.2 Å². The fourth-order valence-electron chi connectivity index (χ4n) is 7.66. The summed E-state index contributed by atoms with van der Waals surface area (Å²) in [5.41, 5.74) is 12.4. The van der Waals surface area contributed by atoms with E-state index in [0.717, 1.165) is 57.3 Å². The Morgan fingerprint density at radius 1 is 0.755 bits per heavy atom. The van der Waals surface area contributed by atoms with Crippen LogP contribution < -0.4 is 4.74 Å². The summed E-state index contributed by atoms with van der Waals surface area (Å²) in [4.78, 5) is 4.71. The van der Waals surface area contributed by atoms with Gasteiger partial charge in [-0.2, -0.15) is 17.2 Å². The number of pyridine rings is 1. The van der Waals surface area contributed by atoms with E-state index in [4.69, 9.17) is 14.8 Å². The quantitative estimate of drug-likeness (QED) is 0.122. The Bertz CT molecular complexity index is 2380. The third-order valence-electron chi connectivity index (χ3n) is 9.82. The third-order valence-corrected chi connectivity index (χ3v) is 9.82. The Morgan fingerprint density at radius 2 is 1.51 bits per heavy atom.